The zero-order chi connectivity index (χ0) is 14.1. The van der Waals surface area contributed by atoms with Gasteiger partial charge in [0.1, 0.15) is 0 Å². The molecule has 0 saturated heterocycles. The van der Waals surface area contributed by atoms with Crippen molar-refractivity contribution in [2.75, 3.05) is 0 Å². The Morgan fingerprint density at radius 3 is 2.40 bits per heavy atom. The summed E-state index contributed by atoms with van der Waals surface area (Å²) in [7, 11) is 0. The van der Waals surface area contributed by atoms with Crippen molar-refractivity contribution < 1.29 is 0 Å². The average molecular weight is 351 g/mol. The van der Waals surface area contributed by atoms with E-state index in [1.54, 1.807) is 0 Å². The maximum absolute atomic E-state index is 6.33. The third-order valence-corrected chi connectivity index (χ3v) is 4.79. The first-order chi connectivity index (χ1) is 9.63. The van der Waals surface area contributed by atoms with E-state index in [4.69, 9.17) is 11.6 Å². The summed E-state index contributed by atoms with van der Waals surface area (Å²) in [5, 5.41) is 4.52. The van der Waals surface area contributed by atoms with Crippen LogP contribution in [0.3, 0.4) is 0 Å². The number of hydrogen-bond donors (Lipinski definition) is 1. The molecule has 20 heavy (non-hydrogen) atoms. The minimum absolute atomic E-state index is 0.259. The van der Waals surface area contributed by atoms with Crippen molar-refractivity contribution >= 4 is 27.5 Å². The van der Waals surface area contributed by atoms with Crippen LogP contribution in [0.1, 0.15) is 29.7 Å². The molecule has 0 aliphatic heterocycles. The molecule has 2 aromatic carbocycles. The van der Waals surface area contributed by atoms with Crippen LogP contribution in [0.25, 0.3) is 0 Å². The topological polar surface area (TPSA) is 12.0 Å². The highest BCUT2D eigenvalue weighted by Gasteiger charge is 2.23. The van der Waals surface area contributed by atoms with Crippen molar-refractivity contribution in [1.82, 2.24) is 5.32 Å². The molecule has 1 N–H and O–H groups in total. The summed E-state index contributed by atoms with van der Waals surface area (Å²) in [4.78, 5) is 0. The molecular formula is C17H17BrClN. The zero-order valence-electron chi connectivity index (χ0n) is 11.4. The Morgan fingerprint density at radius 2 is 1.80 bits per heavy atom. The van der Waals surface area contributed by atoms with Gasteiger partial charge < -0.3 is 5.32 Å². The van der Waals surface area contributed by atoms with Gasteiger partial charge in [0.05, 0.1) is 0 Å². The lowest BCUT2D eigenvalue weighted by Gasteiger charge is -2.20. The van der Waals surface area contributed by atoms with Crippen molar-refractivity contribution in [2.45, 2.75) is 31.8 Å². The first kappa shape index (κ1) is 14.1. The maximum Gasteiger partial charge on any atom is 0.0464 e. The fourth-order valence-corrected chi connectivity index (χ4v) is 3.81. The molecule has 1 aliphatic carbocycles. The fourth-order valence-electron chi connectivity index (χ4n) is 2.97. The molecule has 104 valence electrons. The van der Waals surface area contributed by atoms with Crippen LogP contribution in [0.15, 0.2) is 46.9 Å². The second-order valence-electron chi connectivity index (χ2n) is 5.43. The van der Waals surface area contributed by atoms with Crippen LogP contribution in [0.5, 0.6) is 0 Å². The van der Waals surface area contributed by atoms with Crippen molar-refractivity contribution in [3.8, 4) is 0 Å². The summed E-state index contributed by atoms with van der Waals surface area (Å²) in [5.74, 6) is 0. The number of nitrogens with one attached hydrogen (secondary N) is 1. The van der Waals surface area contributed by atoms with Gasteiger partial charge in [-0.05, 0) is 48.6 Å². The van der Waals surface area contributed by atoms with Crippen LogP contribution in [0.2, 0.25) is 5.02 Å². The summed E-state index contributed by atoms with van der Waals surface area (Å²) in [6.07, 6.45) is 2.21. The summed E-state index contributed by atoms with van der Waals surface area (Å²) in [6.45, 7) is 2.18. The van der Waals surface area contributed by atoms with Crippen LogP contribution in [-0.2, 0) is 12.8 Å². The quantitative estimate of drug-likeness (QED) is 0.828. The minimum Gasteiger partial charge on any atom is -0.307 e. The van der Waals surface area contributed by atoms with E-state index in [2.05, 4.69) is 58.5 Å². The summed E-state index contributed by atoms with van der Waals surface area (Å²) in [6, 6.07) is 15.6. The highest BCUT2D eigenvalue weighted by molar-refractivity contribution is 9.10. The number of benzene rings is 2. The molecule has 1 nitrogen and oxygen atoms in total. The van der Waals surface area contributed by atoms with Gasteiger partial charge in [0, 0.05) is 21.6 Å². The van der Waals surface area contributed by atoms with E-state index in [-0.39, 0.29) is 6.04 Å². The molecule has 1 aliphatic rings. The first-order valence-corrected chi connectivity index (χ1v) is 8.08. The largest absolute Gasteiger partial charge is 0.307 e. The van der Waals surface area contributed by atoms with Gasteiger partial charge in [0.2, 0.25) is 0 Å². The van der Waals surface area contributed by atoms with E-state index < -0.39 is 0 Å². The van der Waals surface area contributed by atoms with Crippen molar-refractivity contribution in [3.05, 3.63) is 68.7 Å². The van der Waals surface area contributed by atoms with E-state index in [0.717, 1.165) is 27.9 Å². The van der Waals surface area contributed by atoms with Gasteiger partial charge in [-0.25, -0.2) is 0 Å². The standard InChI is InChI=1S/C17H17BrClN/c1-11(16-7-6-14(18)10-17(16)19)20-15-8-12-4-2-3-5-13(12)9-15/h2-7,10-11,15,20H,8-9H2,1H3. The monoisotopic (exact) mass is 349 g/mol. The van der Waals surface area contributed by atoms with Gasteiger partial charge in [-0.2, -0.15) is 0 Å². The van der Waals surface area contributed by atoms with Crippen LogP contribution >= 0.6 is 27.5 Å². The van der Waals surface area contributed by atoms with Crippen LogP contribution in [-0.4, -0.2) is 6.04 Å². The van der Waals surface area contributed by atoms with Gasteiger partial charge in [-0.1, -0.05) is 57.9 Å². The van der Waals surface area contributed by atoms with E-state index in [9.17, 15) is 0 Å². The van der Waals surface area contributed by atoms with Gasteiger partial charge in [0.25, 0.3) is 0 Å². The Morgan fingerprint density at radius 1 is 1.15 bits per heavy atom. The van der Waals surface area contributed by atoms with Crippen LogP contribution in [0.4, 0.5) is 0 Å². The fraction of sp³-hybridized carbons (Fsp3) is 0.294. The Balaban J connectivity index is 1.70. The molecule has 2 aromatic rings. The number of hydrogen-bond acceptors (Lipinski definition) is 1. The Hall–Kier alpha value is -0.830. The predicted molar refractivity (Wildman–Crippen MR) is 88.3 cm³/mol. The molecule has 1 unspecified atom stereocenters. The lowest BCUT2D eigenvalue weighted by molar-refractivity contribution is 0.467. The summed E-state index contributed by atoms with van der Waals surface area (Å²) >= 11 is 9.78. The molecule has 0 aromatic heterocycles. The lowest BCUT2D eigenvalue weighted by atomic mass is 10.1. The lowest BCUT2D eigenvalue weighted by Crippen LogP contribution is -2.32. The number of rotatable bonds is 3. The molecule has 1 atom stereocenters. The summed E-state index contributed by atoms with van der Waals surface area (Å²) < 4.78 is 1.02. The molecule has 3 rings (SSSR count). The van der Waals surface area contributed by atoms with Crippen LogP contribution in [0, 0.1) is 0 Å². The Labute approximate surface area is 133 Å². The van der Waals surface area contributed by atoms with E-state index in [1.165, 1.54) is 11.1 Å². The smallest absolute Gasteiger partial charge is 0.0464 e. The first-order valence-electron chi connectivity index (χ1n) is 6.91. The highest BCUT2D eigenvalue weighted by Crippen LogP contribution is 2.28. The maximum atomic E-state index is 6.33. The Kier molecular flexibility index (Phi) is 4.16. The molecular weight excluding hydrogens is 334 g/mol. The molecule has 0 spiro atoms. The van der Waals surface area contributed by atoms with E-state index >= 15 is 0 Å². The van der Waals surface area contributed by atoms with E-state index in [0.29, 0.717) is 6.04 Å². The van der Waals surface area contributed by atoms with Crippen molar-refractivity contribution in [3.63, 3.8) is 0 Å². The average Bonchev–Trinajstić information content (AvgIpc) is 2.80. The molecule has 0 bridgehead atoms. The predicted octanol–water partition coefficient (Wildman–Crippen LogP) is 4.92. The molecule has 0 saturated carbocycles. The summed E-state index contributed by atoms with van der Waals surface area (Å²) in [5.41, 5.74) is 4.10. The van der Waals surface area contributed by atoms with Gasteiger partial charge in [0.15, 0.2) is 0 Å². The second kappa shape index (κ2) is 5.88. The van der Waals surface area contributed by atoms with Crippen molar-refractivity contribution in [2.24, 2.45) is 0 Å². The highest BCUT2D eigenvalue weighted by atomic mass is 79.9. The number of fused-ring (bicyclic) bond motifs is 1. The van der Waals surface area contributed by atoms with Crippen LogP contribution < -0.4 is 5.32 Å². The van der Waals surface area contributed by atoms with Gasteiger partial charge in [-0.15, -0.1) is 0 Å². The molecule has 0 radical (unpaired) electrons. The molecule has 0 fully saturated rings. The van der Waals surface area contributed by atoms with Gasteiger partial charge >= 0.3 is 0 Å². The minimum atomic E-state index is 0.259. The Bertz CT molecular complexity index is 601. The normalized spacial score (nSPS) is 16.1. The molecule has 0 heterocycles. The molecule has 0 amide bonds. The zero-order valence-corrected chi connectivity index (χ0v) is 13.7. The van der Waals surface area contributed by atoms with Crippen molar-refractivity contribution in [1.29, 1.82) is 0 Å². The number of halogens is 2. The van der Waals surface area contributed by atoms with E-state index in [1.807, 2.05) is 12.1 Å². The third kappa shape index (κ3) is 2.93. The second-order valence-corrected chi connectivity index (χ2v) is 6.75. The SMILES string of the molecule is CC(NC1Cc2ccccc2C1)c1ccc(Br)cc1Cl. The van der Waals surface area contributed by atoms with Gasteiger partial charge in [-0.3, -0.25) is 0 Å². The third-order valence-electron chi connectivity index (χ3n) is 3.97. The molecule has 3 heteroatoms.